The lowest BCUT2D eigenvalue weighted by molar-refractivity contribution is -0.205. The van der Waals surface area contributed by atoms with Gasteiger partial charge in [-0.15, -0.1) is 0 Å². The molecule has 0 rings (SSSR count). The predicted octanol–water partition coefficient (Wildman–Crippen LogP) is 0.705. The van der Waals surface area contributed by atoms with Crippen LogP contribution in [0.2, 0.25) is 0 Å². The molecule has 0 heterocycles. The molecule has 0 aromatic carbocycles. The Morgan fingerprint density at radius 3 is 2.27 bits per heavy atom. The second-order valence-corrected chi connectivity index (χ2v) is 4.60. The van der Waals surface area contributed by atoms with Gasteiger partial charge >= 0.3 is 6.18 Å². The summed E-state index contributed by atoms with van der Waals surface area (Å²) in [5, 5.41) is 9.22. The molecule has 0 aromatic rings. The first-order valence-electron chi connectivity index (χ1n) is 4.02. The summed E-state index contributed by atoms with van der Waals surface area (Å²) >= 11 is 0. The molecule has 0 aromatic heterocycles. The van der Waals surface area contributed by atoms with Crippen LogP contribution in [0.3, 0.4) is 0 Å². The normalized spacial score (nSPS) is 15.3. The van der Waals surface area contributed by atoms with Gasteiger partial charge in [-0.2, -0.15) is 17.5 Å². The molecule has 0 saturated heterocycles. The highest BCUT2D eigenvalue weighted by Crippen LogP contribution is 2.21. The summed E-state index contributed by atoms with van der Waals surface area (Å²) in [6.07, 6.45) is -7.52. The van der Waals surface area contributed by atoms with Crippen molar-refractivity contribution in [2.45, 2.75) is 19.2 Å². The molecule has 0 radical (unpaired) electrons. The third-order valence-electron chi connectivity index (χ3n) is 1.68. The van der Waals surface area contributed by atoms with E-state index in [1.807, 2.05) is 0 Å². The summed E-state index contributed by atoms with van der Waals surface area (Å²) < 4.78 is 58.6. The summed E-state index contributed by atoms with van der Waals surface area (Å²) in [4.78, 5) is 0. The third kappa shape index (κ3) is 4.18. The van der Waals surface area contributed by atoms with Crippen LogP contribution in [0.4, 0.5) is 13.2 Å². The minimum absolute atomic E-state index is 0.165. The molecule has 0 bridgehead atoms. The van der Waals surface area contributed by atoms with Crippen molar-refractivity contribution in [2.24, 2.45) is 0 Å². The number of sulfonamides is 1. The number of alkyl halides is 3. The van der Waals surface area contributed by atoms with Crippen LogP contribution in [-0.2, 0) is 10.0 Å². The number of halogens is 3. The van der Waals surface area contributed by atoms with Crippen LogP contribution in [0.25, 0.3) is 0 Å². The Morgan fingerprint density at radius 2 is 2.00 bits per heavy atom. The number of aliphatic hydroxyl groups is 1. The van der Waals surface area contributed by atoms with Crippen molar-refractivity contribution in [3.8, 4) is 0 Å². The Balaban J connectivity index is 4.70. The number of rotatable bonds is 5. The van der Waals surface area contributed by atoms with E-state index in [2.05, 4.69) is 6.58 Å². The highest BCUT2D eigenvalue weighted by Gasteiger charge is 2.40. The lowest BCUT2D eigenvalue weighted by Crippen LogP contribution is -2.42. The van der Waals surface area contributed by atoms with Gasteiger partial charge in [0, 0.05) is 18.5 Å². The fourth-order valence-electron chi connectivity index (χ4n) is 0.815. The fourth-order valence-corrected chi connectivity index (χ4v) is 1.73. The highest BCUT2D eigenvalue weighted by atomic mass is 32.2. The van der Waals surface area contributed by atoms with Gasteiger partial charge in [0.1, 0.15) is 0 Å². The fraction of sp³-hybridized carbons (Fsp3) is 0.714. The maximum absolute atomic E-state index is 11.9. The van der Waals surface area contributed by atoms with Gasteiger partial charge in [-0.3, -0.25) is 0 Å². The average Bonchev–Trinajstić information content (AvgIpc) is 2.11. The van der Waals surface area contributed by atoms with Crippen molar-refractivity contribution < 1.29 is 26.7 Å². The molecule has 0 amide bonds. The van der Waals surface area contributed by atoms with E-state index < -0.39 is 28.8 Å². The zero-order chi connectivity index (χ0) is 12.3. The quantitative estimate of drug-likeness (QED) is 0.778. The van der Waals surface area contributed by atoms with Crippen molar-refractivity contribution in [3.63, 3.8) is 0 Å². The third-order valence-corrected chi connectivity index (χ3v) is 3.23. The molecule has 15 heavy (non-hydrogen) atoms. The van der Waals surface area contributed by atoms with E-state index in [1.54, 1.807) is 0 Å². The van der Waals surface area contributed by atoms with Crippen molar-refractivity contribution in [2.75, 3.05) is 13.1 Å². The number of hydrogen-bond donors (Lipinski definition) is 1. The second-order valence-electron chi connectivity index (χ2n) is 2.72. The zero-order valence-electron chi connectivity index (χ0n) is 8.03. The van der Waals surface area contributed by atoms with Crippen molar-refractivity contribution in [3.05, 3.63) is 12.0 Å². The van der Waals surface area contributed by atoms with Crippen LogP contribution in [0.5, 0.6) is 0 Å². The Bertz CT molecular complexity index is 312. The smallest absolute Gasteiger partial charge is 0.382 e. The van der Waals surface area contributed by atoms with Crippen molar-refractivity contribution in [1.82, 2.24) is 4.31 Å². The van der Waals surface area contributed by atoms with Crippen LogP contribution in [0.15, 0.2) is 12.0 Å². The molecule has 0 saturated carbocycles. The summed E-state index contributed by atoms with van der Waals surface area (Å²) in [6.45, 7) is 3.16. The van der Waals surface area contributed by atoms with Crippen molar-refractivity contribution in [1.29, 1.82) is 0 Å². The molecule has 0 aliphatic heterocycles. The summed E-state index contributed by atoms with van der Waals surface area (Å²) in [5.41, 5.74) is 0. The average molecular weight is 247 g/mol. The first kappa shape index (κ1) is 14.4. The standard InChI is InChI=1S/C7H12F3NO3S/c1-3-11(15(13,14)4-2)5-6(12)7(8,9)10/h4,6,12H,2-3,5H2,1H3/t6-/m1/s1. The first-order valence-corrected chi connectivity index (χ1v) is 5.52. The van der Waals surface area contributed by atoms with E-state index in [4.69, 9.17) is 5.11 Å². The molecular weight excluding hydrogens is 235 g/mol. The number of aliphatic hydroxyl groups excluding tert-OH is 1. The molecule has 8 heteroatoms. The van der Waals surface area contributed by atoms with Crippen LogP contribution >= 0.6 is 0 Å². The van der Waals surface area contributed by atoms with Gasteiger partial charge in [0.05, 0.1) is 0 Å². The Hall–Kier alpha value is -0.600. The predicted molar refractivity (Wildman–Crippen MR) is 48.4 cm³/mol. The van der Waals surface area contributed by atoms with Crippen LogP contribution in [-0.4, -0.2) is 43.2 Å². The molecule has 1 atom stereocenters. The van der Waals surface area contributed by atoms with E-state index in [0.29, 0.717) is 9.71 Å². The van der Waals surface area contributed by atoms with E-state index in [9.17, 15) is 21.6 Å². The maximum atomic E-state index is 11.9. The number of nitrogens with zero attached hydrogens (tertiary/aromatic N) is 1. The van der Waals surface area contributed by atoms with Gasteiger partial charge in [0.15, 0.2) is 6.10 Å². The monoisotopic (exact) mass is 247 g/mol. The number of likely N-dealkylation sites (N-methyl/N-ethyl adjacent to an activating group) is 1. The van der Waals surface area contributed by atoms with Crippen molar-refractivity contribution >= 4 is 10.0 Å². The SMILES string of the molecule is C=CS(=O)(=O)N(CC)C[C@@H](O)C(F)(F)F. The minimum Gasteiger partial charge on any atom is -0.382 e. The van der Waals surface area contributed by atoms with E-state index >= 15 is 0 Å². The van der Waals surface area contributed by atoms with E-state index in [0.717, 1.165) is 0 Å². The molecule has 1 N–H and O–H groups in total. The van der Waals surface area contributed by atoms with Gasteiger partial charge in [-0.1, -0.05) is 13.5 Å². The molecule has 0 spiro atoms. The molecule has 90 valence electrons. The second kappa shape index (κ2) is 4.95. The lowest BCUT2D eigenvalue weighted by atomic mass is 10.3. The molecular formula is C7H12F3NO3S. The Labute approximate surface area is 86.1 Å². The first-order chi connectivity index (χ1) is 6.65. The van der Waals surface area contributed by atoms with Crippen LogP contribution < -0.4 is 0 Å². The summed E-state index contributed by atoms with van der Waals surface area (Å²) in [5.74, 6) is 0. The minimum atomic E-state index is -4.83. The number of hydrogen-bond acceptors (Lipinski definition) is 3. The van der Waals surface area contributed by atoms with Gasteiger partial charge in [-0.25, -0.2) is 8.42 Å². The van der Waals surface area contributed by atoms with Gasteiger partial charge < -0.3 is 5.11 Å². The summed E-state index contributed by atoms with van der Waals surface area (Å²) in [6, 6.07) is 0. The highest BCUT2D eigenvalue weighted by molar-refractivity contribution is 7.92. The van der Waals surface area contributed by atoms with Crippen LogP contribution in [0, 0.1) is 0 Å². The molecule has 0 aliphatic carbocycles. The topological polar surface area (TPSA) is 57.6 Å². The Morgan fingerprint density at radius 1 is 1.53 bits per heavy atom. The summed E-state index contributed by atoms with van der Waals surface area (Å²) in [7, 11) is -3.93. The largest absolute Gasteiger partial charge is 0.415 e. The molecule has 0 aliphatic rings. The zero-order valence-corrected chi connectivity index (χ0v) is 8.85. The van der Waals surface area contributed by atoms with Gasteiger partial charge in [0.25, 0.3) is 0 Å². The van der Waals surface area contributed by atoms with Gasteiger partial charge in [0.2, 0.25) is 10.0 Å². The lowest BCUT2D eigenvalue weighted by Gasteiger charge is -2.22. The molecule has 0 fully saturated rings. The van der Waals surface area contributed by atoms with Gasteiger partial charge in [-0.05, 0) is 0 Å². The van der Waals surface area contributed by atoms with E-state index in [-0.39, 0.29) is 6.54 Å². The maximum Gasteiger partial charge on any atom is 0.415 e. The van der Waals surface area contributed by atoms with E-state index in [1.165, 1.54) is 6.92 Å². The molecule has 0 unspecified atom stereocenters. The Kier molecular flexibility index (Phi) is 4.75. The van der Waals surface area contributed by atoms with Crippen LogP contribution in [0.1, 0.15) is 6.92 Å². The molecule has 4 nitrogen and oxygen atoms in total.